The molecule has 2 N–H and O–H groups in total. The summed E-state index contributed by atoms with van der Waals surface area (Å²) in [6, 6.07) is 14.1. The number of H-pyrrole nitrogens is 1. The van der Waals surface area contributed by atoms with E-state index in [1.54, 1.807) is 4.63 Å². The first kappa shape index (κ1) is 32.6. The van der Waals surface area contributed by atoms with Gasteiger partial charge in [0.05, 0.1) is 5.69 Å². The molecule has 232 valence electrons. The summed E-state index contributed by atoms with van der Waals surface area (Å²) in [5.74, 6) is 1.21. The van der Waals surface area contributed by atoms with Crippen molar-refractivity contribution in [1.82, 2.24) is 19.8 Å². The van der Waals surface area contributed by atoms with Gasteiger partial charge in [0.2, 0.25) is 0 Å². The van der Waals surface area contributed by atoms with Gasteiger partial charge >= 0.3 is 0 Å². The van der Waals surface area contributed by atoms with Gasteiger partial charge in [0.25, 0.3) is 5.91 Å². The maximum atomic E-state index is 13.7. The van der Waals surface area contributed by atoms with Crippen molar-refractivity contribution in [3.63, 3.8) is 0 Å². The van der Waals surface area contributed by atoms with Crippen LogP contribution in [0.2, 0.25) is 5.02 Å². The van der Waals surface area contributed by atoms with Gasteiger partial charge < -0.3 is 10.1 Å². The second kappa shape index (κ2) is 13.5. The van der Waals surface area contributed by atoms with Crippen LogP contribution in [0.3, 0.4) is 0 Å². The number of hydrogen-bond donors (Lipinski definition) is 2. The van der Waals surface area contributed by atoms with Gasteiger partial charge in [-0.1, -0.05) is 91.5 Å². The van der Waals surface area contributed by atoms with Crippen LogP contribution in [0.4, 0.5) is 5.69 Å². The first-order valence-corrected chi connectivity index (χ1v) is 16.1. The Kier molecular flexibility index (Phi) is 10.3. The Hall–Kier alpha value is -3.32. The number of amides is 1. The number of nitrogens with zero attached hydrogens (tertiary/aromatic N) is 3. The average Bonchev–Trinajstić information content (AvgIpc) is 3.52. The number of aryl methyl sites for hydroxylation is 1. The molecule has 0 spiro atoms. The third kappa shape index (κ3) is 7.43. The molecule has 1 amide bonds. The third-order valence-electron chi connectivity index (χ3n) is 8.96. The molecule has 2 aromatic carbocycles. The summed E-state index contributed by atoms with van der Waals surface area (Å²) >= 11 is 6.33. The van der Waals surface area contributed by atoms with E-state index >= 15 is 0 Å². The average molecular weight is 606 g/mol. The molecule has 7 nitrogen and oxygen atoms in total. The Morgan fingerprint density at radius 2 is 1.70 bits per heavy atom. The molecule has 43 heavy (non-hydrogen) atoms. The van der Waals surface area contributed by atoms with Crippen molar-refractivity contribution in [2.45, 2.75) is 117 Å². The van der Waals surface area contributed by atoms with Gasteiger partial charge in [-0.3, -0.25) is 9.89 Å². The number of nitrogens with one attached hydrogen (secondary N) is 2. The molecule has 0 saturated carbocycles. The number of aromatic nitrogens is 4. The highest BCUT2D eigenvalue weighted by atomic mass is 35.5. The van der Waals surface area contributed by atoms with Crippen LogP contribution in [-0.4, -0.2) is 31.8 Å². The van der Waals surface area contributed by atoms with Crippen molar-refractivity contribution in [2.24, 2.45) is 0 Å². The molecule has 2 aromatic heterocycles. The number of benzene rings is 2. The molecule has 0 aliphatic carbocycles. The van der Waals surface area contributed by atoms with E-state index < -0.39 is 6.10 Å². The van der Waals surface area contributed by atoms with Gasteiger partial charge in [0.15, 0.2) is 17.6 Å². The van der Waals surface area contributed by atoms with Crippen LogP contribution in [0.15, 0.2) is 42.5 Å². The summed E-state index contributed by atoms with van der Waals surface area (Å²) in [5, 5.41) is 11.2. The molecule has 1 unspecified atom stereocenters. The number of carbonyl (C=O) groups excluding carboxylic acids is 1. The number of ether oxygens (including phenoxy) is 1. The lowest BCUT2D eigenvalue weighted by Gasteiger charge is -2.31. The normalized spacial score (nSPS) is 13.0. The second-order valence-corrected chi connectivity index (χ2v) is 13.3. The SMILES string of the molecule is CCCCCCC(Oc1ccc(C(C)(C)CC)cc1C(C)(C)CC)C(=O)Nc1ccc(-c2nc3c(Cl)c(C)[nH]n3n2)cc1. The molecule has 0 aliphatic heterocycles. The van der Waals surface area contributed by atoms with Crippen LogP contribution in [0.1, 0.15) is 110 Å². The van der Waals surface area contributed by atoms with Gasteiger partial charge in [0.1, 0.15) is 10.8 Å². The quantitative estimate of drug-likeness (QED) is 0.140. The fourth-order valence-corrected chi connectivity index (χ4v) is 5.25. The Morgan fingerprint density at radius 1 is 1.00 bits per heavy atom. The standard InChI is InChI=1S/C35H48ClN5O2/c1-9-12-13-14-15-29(43-28-21-18-25(34(5,6)10-2)22-27(28)35(7,8)11-3)33(42)37-26-19-16-24(17-20-26)31-38-32-30(36)23(4)39-41(32)40-31/h16-22,29,39H,9-15H2,1-8H3,(H,37,42). The predicted molar refractivity (Wildman–Crippen MR) is 177 cm³/mol. The van der Waals surface area contributed by atoms with Crippen LogP contribution in [-0.2, 0) is 15.6 Å². The maximum Gasteiger partial charge on any atom is 0.265 e. The van der Waals surface area contributed by atoms with E-state index in [0.717, 1.165) is 61.1 Å². The predicted octanol–water partition coefficient (Wildman–Crippen LogP) is 9.42. The molecular formula is C35H48ClN5O2. The number of halogens is 1. The minimum absolute atomic E-state index is 0.0603. The van der Waals surface area contributed by atoms with Gasteiger partial charge in [-0.25, -0.2) is 4.98 Å². The van der Waals surface area contributed by atoms with Gasteiger partial charge in [-0.2, -0.15) is 4.63 Å². The summed E-state index contributed by atoms with van der Waals surface area (Å²) in [6.45, 7) is 17.6. The first-order valence-electron chi connectivity index (χ1n) is 15.7. The number of fused-ring (bicyclic) bond motifs is 1. The molecule has 0 saturated heterocycles. The molecule has 4 aromatic rings. The van der Waals surface area contributed by atoms with E-state index in [1.165, 1.54) is 5.56 Å². The van der Waals surface area contributed by atoms with Gasteiger partial charge in [-0.05, 0) is 79.3 Å². The summed E-state index contributed by atoms with van der Waals surface area (Å²) in [4.78, 5) is 18.3. The van der Waals surface area contributed by atoms with Crippen LogP contribution in [0.5, 0.6) is 5.75 Å². The molecule has 1 atom stereocenters. The number of unbranched alkanes of at least 4 members (excludes halogenated alkanes) is 3. The third-order valence-corrected chi connectivity index (χ3v) is 9.41. The lowest BCUT2D eigenvalue weighted by molar-refractivity contribution is -0.123. The Morgan fingerprint density at radius 3 is 2.33 bits per heavy atom. The van der Waals surface area contributed by atoms with Crippen LogP contribution >= 0.6 is 11.6 Å². The molecule has 0 bridgehead atoms. The molecule has 0 fully saturated rings. The van der Waals surface area contributed by atoms with Crippen molar-refractivity contribution >= 4 is 28.8 Å². The lowest BCUT2D eigenvalue weighted by Crippen LogP contribution is -2.34. The lowest BCUT2D eigenvalue weighted by atomic mass is 9.76. The van der Waals surface area contributed by atoms with Crippen molar-refractivity contribution in [3.05, 3.63) is 64.3 Å². The number of anilines is 1. The van der Waals surface area contributed by atoms with Crippen LogP contribution in [0.25, 0.3) is 17.0 Å². The van der Waals surface area contributed by atoms with Gasteiger partial charge in [-0.15, -0.1) is 5.10 Å². The zero-order valence-corrected chi connectivity index (χ0v) is 27.9. The molecule has 4 rings (SSSR count). The van der Waals surface area contributed by atoms with E-state index in [0.29, 0.717) is 28.6 Å². The Labute approximate surface area is 261 Å². The summed E-state index contributed by atoms with van der Waals surface area (Å²) in [6.07, 6.45) is 6.35. The van der Waals surface area contributed by atoms with Crippen molar-refractivity contribution in [3.8, 4) is 17.1 Å². The zero-order valence-electron chi connectivity index (χ0n) is 27.1. The number of aromatic amines is 1. The molecule has 0 radical (unpaired) electrons. The zero-order chi connectivity index (χ0) is 31.4. The van der Waals surface area contributed by atoms with E-state index in [9.17, 15) is 4.79 Å². The topological polar surface area (TPSA) is 84.3 Å². The van der Waals surface area contributed by atoms with E-state index in [1.807, 2.05) is 31.2 Å². The van der Waals surface area contributed by atoms with E-state index in [-0.39, 0.29) is 16.7 Å². The van der Waals surface area contributed by atoms with Crippen molar-refractivity contribution < 1.29 is 9.53 Å². The van der Waals surface area contributed by atoms with Crippen molar-refractivity contribution in [2.75, 3.05) is 5.32 Å². The highest BCUT2D eigenvalue weighted by Crippen LogP contribution is 2.39. The summed E-state index contributed by atoms with van der Waals surface area (Å²) in [5.41, 5.74) is 5.36. The second-order valence-electron chi connectivity index (χ2n) is 12.9. The fourth-order valence-electron chi connectivity index (χ4n) is 5.09. The molecule has 0 aliphatic rings. The number of rotatable bonds is 14. The minimum atomic E-state index is -0.603. The van der Waals surface area contributed by atoms with Gasteiger partial charge in [0, 0.05) is 16.8 Å². The highest BCUT2D eigenvalue weighted by molar-refractivity contribution is 6.34. The monoisotopic (exact) mass is 605 g/mol. The summed E-state index contributed by atoms with van der Waals surface area (Å²) < 4.78 is 8.21. The first-order chi connectivity index (χ1) is 20.4. The van der Waals surface area contributed by atoms with Crippen molar-refractivity contribution in [1.29, 1.82) is 0 Å². The number of carbonyl (C=O) groups is 1. The molecule has 8 heteroatoms. The smallest absolute Gasteiger partial charge is 0.265 e. The van der Waals surface area contributed by atoms with E-state index in [4.69, 9.17) is 16.3 Å². The van der Waals surface area contributed by atoms with E-state index in [2.05, 4.69) is 87.2 Å². The highest BCUT2D eigenvalue weighted by Gasteiger charge is 2.29. The number of hydrogen-bond acceptors (Lipinski definition) is 4. The van der Waals surface area contributed by atoms with Crippen LogP contribution < -0.4 is 10.1 Å². The summed E-state index contributed by atoms with van der Waals surface area (Å²) in [7, 11) is 0. The Bertz CT molecular complexity index is 1530. The fraction of sp³-hybridized carbons (Fsp3) is 0.514. The van der Waals surface area contributed by atoms with Crippen LogP contribution in [0, 0.1) is 6.92 Å². The largest absolute Gasteiger partial charge is 0.480 e. The molecule has 2 heterocycles. The molecular weight excluding hydrogens is 558 g/mol. The Balaban J connectivity index is 1.56. The maximum absolute atomic E-state index is 13.7. The minimum Gasteiger partial charge on any atom is -0.480 e.